The monoisotopic (exact) mass is 398 g/mol. The third-order valence-electron chi connectivity index (χ3n) is 4.34. The number of fused-ring (bicyclic) bond motifs is 1. The van der Waals surface area contributed by atoms with Crippen molar-refractivity contribution in [3.8, 4) is 0 Å². The number of rotatable bonds is 7. The fraction of sp³-hybridized carbons (Fsp3) is 0.588. The molecule has 0 saturated carbocycles. The van der Waals surface area contributed by atoms with E-state index in [-0.39, 0.29) is 16.7 Å². The number of benzene rings is 1. The third kappa shape index (κ3) is 3.98. The van der Waals surface area contributed by atoms with E-state index in [0.717, 1.165) is 17.4 Å². The highest BCUT2D eigenvalue weighted by atomic mass is 32.2. The maximum atomic E-state index is 12.6. The van der Waals surface area contributed by atoms with E-state index in [1.165, 1.54) is 0 Å². The number of anilines is 1. The molecular weight excluding hydrogens is 372 g/mol. The number of sulfone groups is 1. The fourth-order valence-corrected chi connectivity index (χ4v) is 4.40. The predicted molar refractivity (Wildman–Crippen MR) is 105 cm³/mol. The zero-order chi connectivity index (χ0) is 19.6. The zero-order valence-electron chi connectivity index (χ0n) is 16.1. The van der Waals surface area contributed by atoms with Crippen LogP contribution in [0.4, 0.5) is 5.69 Å². The molecule has 1 aromatic carbocycles. The van der Waals surface area contributed by atoms with Crippen molar-refractivity contribution in [3.63, 3.8) is 0 Å². The number of likely N-dealkylation sites (N-methyl/N-ethyl adjacent to an activating group) is 2. The minimum absolute atomic E-state index is 0.0414. The summed E-state index contributed by atoms with van der Waals surface area (Å²) in [5, 5.41) is -0.522. The van der Waals surface area contributed by atoms with Crippen molar-refractivity contribution in [2.45, 2.75) is 37.8 Å². The van der Waals surface area contributed by atoms with E-state index >= 15 is 0 Å². The van der Waals surface area contributed by atoms with Crippen LogP contribution in [-0.2, 0) is 14.6 Å². The van der Waals surface area contributed by atoms with E-state index in [9.17, 15) is 13.2 Å². The molecular formula is C17H26N4O3S2. The molecule has 0 atom stereocenters. The molecule has 26 heavy (non-hydrogen) atoms. The van der Waals surface area contributed by atoms with Gasteiger partial charge in [0.1, 0.15) is 11.0 Å². The van der Waals surface area contributed by atoms with E-state index in [1.807, 2.05) is 25.8 Å². The summed E-state index contributed by atoms with van der Waals surface area (Å²) in [7, 11) is 0.258. The quantitative estimate of drug-likeness (QED) is 0.712. The molecule has 9 heteroatoms. The van der Waals surface area contributed by atoms with Crippen LogP contribution >= 0.6 is 11.7 Å². The van der Waals surface area contributed by atoms with Gasteiger partial charge >= 0.3 is 0 Å². The molecule has 0 radical (unpaired) electrons. The minimum atomic E-state index is -3.43. The van der Waals surface area contributed by atoms with Gasteiger partial charge in [0.15, 0.2) is 9.84 Å². The Morgan fingerprint density at radius 1 is 1.08 bits per heavy atom. The van der Waals surface area contributed by atoms with Gasteiger partial charge in [-0.05, 0) is 26.0 Å². The predicted octanol–water partition coefficient (Wildman–Crippen LogP) is 2.42. The molecule has 7 nitrogen and oxygen atoms in total. The highest BCUT2D eigenvalue weighted by Gasteiger charge is 2.25. The molecule has 144 valence electrons. The lowest BCUT2D eigenvalue weighted by atomic mass is 10.2. The first-order valence-electron chi connectivity index (χ1n) is 8.52. The second-order valence-electron chi connectivity index (χ2n) is 6.97. The van der Waals surface area contributed by atoms with Gasteiger partial charge in [0, 0.05) is 33.1 Å². The Kier molecular flexibility index (Phi) is 6.23. The third-order valence-corrected chi connectivity index (χ3v) is 7.05. The Morgan fingerprint density at radius 3 is 2.27 bits per heavy atom. The van der Waals surface area contributed by atoms with Crippen molar-refractivity contribution in [1.29, 1.82) is 0 Å². The van der Waals surface area contributed by atoms with Gasteiger partial charge in [0.25, 0.3) is 0 Å². The van der Waals surface area contributed by atoms with Gasteiger partial charge in [0.2, 0.25) is 5.91 Å². The fourth-order valence-electron chi connectivity index (χ4n) is 2.59. The summed E-state index contributed by atoms with van der Waals surface area (Å²) < 4.78 is 33.6. The average Bonchev–Trinajstić information content (AvgIpc) is 3.06. The molecule has 1 aromatic heterocycles. The molecule has 2 rings (SSSR count). The molecule has 0 fully saturated rings. The molecule has 0 aliphatic rings. The van der Waals surface area contributed by atoms with Crippen molar-refractivity contribution >= 4 is 44.2 Å². The molecule has 0 aliphatic heterocycles. The van der Waals surface area contributed by atoms with Gasteiger partial charge < -0.3 is 9.80 Å². The normalized spacial score (nSPS) is 12.2. The first-order chi connectivity index (χ1) is 12.1. The maximum absolute atomic E-state index is 12.6. The lowest BCUT2D eigenvalue weighted by molar-refractivity contribution is -0.132. The summed E-state index contributed by atoms with van der Waals surface area (Å²) in [5.74, 6) is 0.0533. The summed E-state index contributed by atoms with van der Waals surface area (Å²) in [6, 6.07) is 3.37. The van der Waals surface area contributed by atoms with E-state index in [1.54, 1.807) is 37.9 Å². The van der Waals surface area contributed by atoms with E-state index in [4.69, 9.17) is 0 Å². The van der Waals surface area contributed by atoms with Crippen molar-refractivity contribution < 1.29 is 13.2 Å². The Bertz CT molecular complexity index is 891. The zero-order valence-corrected chi connectivity index (χ0v) is 17.7. The highest BCUT2D eigenvalue weighted by molar-refractivity contribution is 7.92. The van der Waals surface area contributed by atoms with Crippen LogP contribution in [-0.4, -0.2) is 60.4 Å². The molecule has 1 amide bonds. The van der Waals surface area contributed by atoms with Crippen molar-refractivity contribution in [3.05, 3.63) is 12.1 Å². The number of hydrogen-bond acceptors (Lipinski definition) is 7. The average molecular weight is 399 g/mol. The number of carbonyl (C=O) groups is 1. The van der Waals surface area contributed by atoms with Crippen LogP contribution < -0.4 is 4.90 Å². The van der Waals surface area contributed by atoms with Gasteiger partial charge in [-0.15, -0.1) is 0 Å². The van der Waals surface area contributed by atoms with Crippen LogP contribution in [0.1, 0.15) is 27.7 Å². The van der Waals surface area contributed by atoms with Crippen LogP contribution in [0.5, 0.6) is 0 Å². The number of carbonyl (C=O) groups excluding carboxylic acids is 1. The first-order valence-corrected chi connectivity index (χ1v) is 10.8. The Hall–Kier alpha value is -1.74. The molecule has 0 spiro atoms. The van der Waals surface area contributed by atoms with Gasteiger partial charge in [-0.1, -0.05) is 13.8 Å². The molecule has 1 heterocycles. The second-order valence-corrected chi connectivity index (χ2v) is 9.98. The van der Waals surface area contributed by atoms with Crippen LogP contribution in [0.2, 0.25) is 0 Å². The van der Waals surface area contributed by atoms with Gasteiger partial charge in [-0.25, -0.2) is 8.42 Å². The largest absolute Gasteiger partial charge is 0.371 e. The van der Waals surface area contributed by atoms with Crippen molar-refractivity contribution in [2.24, 2.45) is 5.92 Å². The summed E-state index contributed by atoms with van der Waals surface area (Å²) in [4.78, 5) is 15.9. The summed E-state index contributed by atoms with van der Waals surface area (Å²) in [6.45, 7) is 8.24. The standard InChI is InChI=1S/C17H26N4O3S2/c1-11(2)17(22)21(6)10-9-20(5)13-7-8-14(26(23,24)12(3)4)16-15(13)18-25-19-16/h7-8,11-12H,9-10H2,1-6H3. The van der Waals surface area contributed by atoms with Gasteiger partial charge in [-0.3, -0.25) is 4.79 Å². The summed E-state index contributed by atoms with van der Waals surface area (Å²) in [6.07, 6.45) is 0. The Balaban J connectivity index is 2.29. The summed E-state index contributed by atoms with van der Waals surface area (Å²) >= 11 is 1.00. The molecule has 2 aromatic rings. The smallest absolute Gasteiger partial charge is 0.224 e. The number of hydrogen-bond donors (Lipinski definition) is 0. The van der Waals surface area contributed by atoms with Crippen molar-refractivity contribution in [2.75, 3.05) is 32.1 Å². The maximum Gasteiger partial charge on any atom is 0.224 e. The SMILES string of the molecule is CC(C)C(=O)N(C)CCN(C)c1ccc(S(=O)(=O)C(C)C)c2nsnc12. The lowest BCUT2D eigenvalue weighted by Gasteiger charge is -2.25. The van der Waals surface area contributed by atoms with Crippen LogP contribution in [0, 0.1) is 5.92 Å². The number of amides is 1. The van der Waals surface area contributed by atoms with E-state index < -0.39 is 15.1 Å². The van der Waals surface area contributed by atoms with Crippen molar-refractivity contribution in [1.82, 2.24) is 13.6 Å². The van der Waals surface area contributed by atoms with E-state index in [2.05, 4.69) is 8.75 Å². The van der Waals surface area contributed by atoms with Crippen LogP contribution in [0.3, 0.4) is 0 Å². The molecule has 0 N–H and O–H groups in total. The van der Waals surface area contributed by atoms with E-state index in [0.29, 0.717) is 24.1 Å². The molecule has 0 unspecified atom stereocenters. The second kappa shape index (κ2) is 7.87. The van der Waals surface area contributed by atoms with Crippen LogP contribution in [0.15, 0.2) is 17.0 Å². The molecule has 0 saturated heterocycles. The molecule has 0 aliphatic carbocycles. The van der Waals surface area contributed by atoms with Gasteiger partial charge in [-0.2, -0.15) is 8.75 Å². The first kappa shape index (κ1) is 20.6. The lowest BCUT2D eigenvalue weighted by Crippen LogP contribution is -2.37. The Labute approximate surface area is 159 Å². The number of aromatic nitrogens is 2. The topological polar surface area (TPSA) is 83.5 Å². The van der Waals surface area contributed by atoms with Crippen LogP contribution in [0.25, 0.3) is 11.0 Å². The minimum Gasteiger partial charge on any atom is -0.371 e. The van der Waals surface area contributed by atoms with Gasteiger partial charge in [0.05, 0.1) is 27.6 Å². The highest BCUT2D eigenvalue weighted by Crippen LogP contribution is 2.31. The summed E-state index contributed by atoms with van der Waals surface area (Å²) in [5.41, 5.74) is 1.80. The Morgan fingerprint density at radius 2 is 1.69 bits per heavy atom. The number of nitrogens with zero attached hydrogens (tertiary/aromatic N) is 4. The molecule has 0 bridgehead atoms.